The fourth-order valence-corrected chi connectivity index (χ4v) is 4.48. The van der Waals surface area contributed by atoms with Crippen molar-refractivity contribution in [1.29, 1.82) is 0 Å². The van der Waals surface area contributed by atoms with Crippen molar-refractivity contribution in [2.24, 2.45) is 0 Å². The van der Waals surface area contributed by atoms with Crippen LogP contribution in [0.2, 0.25) is 0 Å². The first-order valence-corrected chi connectivity index (χ1v) is 11.4. The fourth-order valence-electron chi connectivity index (χ4n) is 3.07. The zero-order valence-corrected chi connectivity index (χ0v) is 19.5. The lowest BCUT2D eigenvalue weighted by molar-refractivity contribution is -0.113. The van der Waals surface area contributed by atoms with Gasteiger partial charge < -0.3 is 10.1 Å². The summed E-state index contributed by atoms with van der Waals surface area (Å²) in [4.78, 5) is 22.1. The van der Waals surface area contributed by atoms with Crippen LogP contribution in [-0.4, -0.2) is 28.7 Å². The van der Waals surface area contributed by atoms with Gasteiger partial charge in [0.1, 0.15) is 10.8 Å². The van der Waals surface area contributed by atoms with Gasteiger partial charge in [0.25, 0.3) is 0 Å². The second-order valence-corrected chi connectivity index (χ2v) is 8.74. The van der Waals surface area contributed by atoms with E-state index in [4.69, 9.17) is 14.7 Å². The van der Waals surface area contributed by atoms with Crippen molar-refractivity contribution in [3.8, 4) is 17.1 Å². The number of benzene rings is 3. The van der Waals surface area contributed by atoms with E-state index in [9.17, 15) is 4.79 Å². The van der Waals surface area contributed by atoms with E-state index in [-0.39, 0.29) is 11.7 Å². The molecule has 0 aliphatic heterocycles. The third-order valence-electron chi connectivity index (χ3n) is 4.64. The van der Waals surface area contributed by atoms with Gasteiger partial charge in [0.2, 0.25) is 5.91 Å². The monoisotopic (exact) mass is 493 g/mol. The van der Waals surface area contributed by atoms with Gasteiger partial charge in [-0.3, -0.25) is 4.79 Å². The summed E-state index contributed by atoms with van der Waals surface area (Å²) in [7, 11) is 1.63. The highest BCUT2D eigenvalue weighted by atomic mass is 79.9. The first-order chi connectivity index (χ1) is 15.0. The molecule has 0 aliphatic carbocycles. The Balaban J connectivity index is 1.62. The molecule has 4 rings (SSSR count). The molecule has 1 aromatic heterocycles. The molecule has 1 N–H and O–H groups in total. The Bertz CT molecular complexity index is 1250. The number of fused-ring (bicyclic) bond motifs is 1. The van der Waals surface area contributed by atoms with Crippen molar-refractivity contribution in [2.75, 3.05) is 18.2 Å². The van der Waals surface area contributed by atoms with Gasteiger partial charge in [-0.2, -0.15) is 0 Å². The number of carbonyl (C=O) groups is 1. The van der Waals surface area contributed by atoms with Gasteiger partial charge in [0.05, 0.1) is 24.1 Å². The molecule has 4 aromatic rings. The van der Waals surface area contributed by atoms with Crippen LogP contribution in [0.5, 0.6) is 5.75 Å². The van der Waals surface area contributed by atoms with Crippen LogP contribution in [0, 0.1) is 6.92 Å². The van der Waals surface area contributed by atoms with Gasteiger partial charge >= 0.3 is 0 Å². The summed E-state index contributed by atoms with van der Waals surface area (Å²) in [6, 6.07) is 21.3. The Morgan fingerprint density at radius 1 is 1.06 bits per heavy atom. The van der Waals surface area contributed by atoms with E-state index in [1.165, 1.54) is 11.8 Å². The predicted octanol–water partition coefficient (Wildman–Crippen LogP) is 6.11. The molecule has 7 heteroatoms. The van der Waals surface area contributed by atoms with Crippen molar-refractivity contribution in [3.05, 3.63) is 76.8 Å². The highest BCUT2D eigenvalue weighted by Gasteiger charge is 2.14. The molecule has 0 atom stereocenters. The number of nitrogens with zero attached hydrogens (tertiary/aromatic N) is 2. The molecule has 3 aromatic carbocycles. The lowest BCUT2D eigenvalue weighted by atomic mass is 10.2. The number of nitrogens with one attached hydrogen (secondary N) is 1. The number of hydrogen-bond acceptors (Lipinski definition) is 5. The molecule has 0 saturated carbocycles. The van der Waals surface area contributed by atoms with Gasteiger partial charge in [0.15, 0.2) is 5.82 Å². The minimum absolute atomic E-state index is 0.106. The van der Waals surface area contributed by atoms with Crippen molar-refractivity contribution >= 4 is 50.2 Å². The van der Waals surface area contributed by atoms with E-state index in [1.807, 2.05) is 73.7 Å². The maximum absolute atomic E-state index is 12.6. The molecule has 0 spiro atoms. The van der Waals surface area contributed by atoms with Crippen molar-refractivity contribution in [3.63, 3.8) is 0 Å². The Morgan fingerprint density at radius 2 is 1.87 bits per heavy atom. The van der Waals surface area contributed by atoms with E-state index in [1.54, 1.807) is 7.11 Å². The van der Waals surface area contributed by atoms with Gasteiger partial charge in [-0.05, 0) is 58.7 Å². The van der Waals surface area contributed by atoms with Crippen LogP contribution in [0.4, 0.5) is 5.69 Å². The standard InChI is InChI=1S/C24H20BrN3O2S/c1-15-8-10-21(19(25)12-15)26-22(29)14-31-24-18-13-17(30-2)9-11-20(18)27-23(28-24)16-6-4-3-5-7-16/h3-13H,14H2,1-2H3,(H,26,29). The second-order valence-electron chi connectivity index (χ2n) is 6.92. The zero-order valence-electron chi connectivity index (χ0n) is 17.1. The summed E-state index contributed by atoms with van der Waals surface area (Å²) >= 11 is 4.88. The van der Waals surface area contributed by atoms with E-state index < -0.39 is 0 Å². The average Bonchev–Trinajstić information content (AvgIpc) is 2.79. The number of ether oxygens (including phenoxy) is 1. The quantitative estimate of drug-likeness (QED) is 0.259. The number of anilines is 1. The summed E-state index contributed by atoms with van der Waals surface area (Å²) < 4.78 is 6.23. The number of halogens is 1. The normalized spacial score (nSPS) is 10.8. The van der Waals surface area contributed by atoms with Crippen LogP contribution in [0.3, 0.4) is 0 Å². The molecule has 0 aliphatic rings. The molecule has 31 heavy (non-hydrogen) atoms. The van der Waals surface area contributed by atoms with Crippen molar-refractivity contribution in [2.45, 2.75) is 11.9 Å². The maximum atomic E-state index is 12.6. The van der Waals surface area contributed by atoms with Gasteiger partial charge in [-0.25, -0.2) is 9.97 Å². The maximum Gasteiger partial charge on any atom is 0.234 e. The summed E-state index contributed by atoms with van der Waals surface area (Å²) in [6.07, 6.45) is 0. The Hall–Kier alpha value is -2.90. The minimum atomic E-state index is -0.106. The minimum Gasteiger partial charge on any atom is -0.497 e. The molecule has 156 valence electrons. The number of thioether (sulfide) groups is 1. The lowest BCUT2D eigenvalue weighted by Gasteiger charge is -2.11. The van der Waals surface area contributed by atoms with Crippen LogP contribution in [0.15, 0.2) is 76.2 Å². The second kappa shape index (κ2) is 9.49. The number of methoxy groups -OCH3 is 1. The number of amides is 1. The van der Waals surface area contributed by atoms with E-state index in [0.29, 0.717) is 5.82 Å². The molecule has 5 nitrogen and oxygen atoms in total. The number of aryl methyl sites for hydroxylation is 1. The smallest absolute Gasteiger partial charge is 0.234 e. The molecule has 1 amide bonds. The highest BCUT2D eigenvalue weighted by molar-refractivity contribution is 9.10. The Labute approximate surface area is 193 Å². The Kier molecular flexibility index (Phi) is 6.53. The van der Waals surface area contributed by atoms with Crippen molar-refractivity contribution < 1.29 is 9.53 Å². The SMILES string of the molecule is COc1ccc2nc(-c3ccccc3)nc(SCC(=O)Nc3ccc(C)cc3Br)c2c1. The molecular formula is C24H20BrN3O2S. The molecule has 0 radical (unpaired) electrons. The average molecular weight is 494 g/mol. The van der Waals surface area contributed by atoms with E-state index in [2.05, 4.69) is 21.2 Å². The summed E-state index contributed by atoms with van der Waals surface area (Å²) in [5.41, 5.74) is 3.60. The lowest BCUT2D eigenvalue weighted by Crippen LogP contribution is -2.14. The molecule has 0 unspecified atom stereocenters. The van der Waals surface area contributed by atoms with Gasteiger partial charge in [0, 0.05) is 15.4 Å². The van der Waals surface area contributed by atoms with Crippen LogP contribution < -0.4 is 10.1 Å². The van der Waals surface area contributed by atoms with Crippen LogP contribution in [0.1, 0.15) is 5.56 Å². The first kappa shape index (κ1) is 21.3. The van der Waals surface area contributed by atoms with E-state index in [0.717, 1.165) is 43.0 Å². The molecule has 0 saturated heterocycles. The molecule has 0 bridgehead atoms. The number of carbonyl (C=O) groups excluding carboxylic acids is 1. The summed E-state index contributed by atoms with van der Waals surface area (Å²) in [6.45, 7) is 2.00. The molecule has 0 fully saturated rings. The third kappa shape index (κ3) is 5.06. The third-order valence-corrected chi connectivity index (χ3v) is 6.29. The largest absolute Gasteiger partial charge is 0.497 e. The first-order valence-electron chi connectivity index (χ1n) is 9.63. The fraction of sp³-hybridized carbons (Fsp3) is 0.125. The Morgan fingerprint density at radius 3 is 2.61 bits per heavy atom. The van der Waals surface area contributed by atoms with E-state index >= 15 is 0 Å². The van der Waals surface area contributed by atoms with Crippen LogP contribution in [-0.2, 0) is 4.79 Å². The molecule has 1 heterocycles. The summed E-state index contributed by atoms with van der Waals surface area (Å²) in [5.74, 6) is 1.46. The number of hydrogen-bond donors (Lipinski definition) is 1. The van der Waals surface area contributed by atoms with Crippen LogP contribution in [0.25, 0.3) is 22.3 Å². The molecular weight excluding hydrogens is 474 g/mol. The summed E-state index contributed by atoms with van der Waals surface area (Å²) in [5, 5.41) is 4.54. The van der Waals surface area contributed by atoms with Gasteiger partial charge in [-0.1, -0.05) is 48.2 Å². The number of rotatable bonds is 6. The topological polar surface area (TPSA) is 64.1 Å². The van der Waals surface area contributed by atoms with Crippen molar-refractivity contribution in [1.82, 2.24) is 9.97 Å². The zero-order chi connectivity index (χ0) is 21.8. The van der Waals surface area contributed by atoms with Crippen LogP contribution >= 0.6 is 27.7 Å². The number of aromatic nitrogens is 2. The highest BCUT2D eigenvalue weighted by Crippen LogP contribution is 2.31. The predicted molar refractivity (Wildman–Crippen MR) is 130 cm³/mol. The van der Waals surface area contributed by atoms with Gasteiger partial charge in [-0.15, -0.1) is 0 Å².